The van der Waals surface area contributed by atoms with E-state index in [1.165, 1.54) is 4.63 Å². The molecule has 0 saturated carbocycles. The summed E-state index contributed by atoms with van der Waals surface area (Å²) in [6.07, 6.45) is 0. The minimum atomic E-state index is -0.853. The molecule has 2 rings (SSSR count). The Balaban J connectivity index is 2.15. The predicted octanol–water partition coefficient (Wildman–Crippen LogP) is 0.0404. The summed E-state index contributed by atoms with van der Waals surface area (Å²) in [7, 11) is 0. The highest BCUT2D eigenvalue weighted by molar-refractivity contribution is 5.71. The summed E-state index contributed by atoms with van der Waals surface area (Å²) in [5.74, 6) is -0.833. The first-order valence-corrected chi connectivity index (χ1v) is 5.12. The van der Waals surface area contributed by atoms with Crippen molar-refractivity contribution in [2.45, 2.75) is 19.9 Å². The number of anilines is 1. The number of tetrazole rings is 1. The average Bonchev–Trinajstić information content (AvgIpc) is 2.74. The quantitative estimate of drug-likeness (QED) is 0.772. The monoisotopic (exact) mass is 236 g/mol. The number of hydrogen-bond donors (Lipinski definition) is 2. The number of carboxylic acids is 1. The number of nitrogens with zero attached hydrogens (tertiary/aromatic N) is 5. The maximum Gasteiger partial charge on any atom is 0.308 e. The van der Waals surface area contributed by atoms with Crippen molar-refractivity contribution >= 4 is 17.4 Å². The van der Waals surface area contributed by atoms with Crippen molar-refractivity contribution in [3.05, 3.63) is 12.1 Å². The van der Waals surface area contributed by atoms with Crippen LogP contribution in [0.2, 0.25) is 0 Å². The molecule has 8 heteroatoms. The molecule has 2 unspecified atom stereocenters. The van der Waals surface area contributed by atoms with E-state index >= 15 is 0 Å². The zero-order valence-electron chi connectivity index (χ0n) is 9.40. The lowest BCUT2D eigenvalue weighted by atomic mass is 10.0. The molecule has 0 aliphatic carbocycles. The van der Waals surface area contributed by atoms with Gasteiger partial charge in [-0.2, -0.15) is 0 Å². The molecule has 0 spiro atoms. The Morgan fingerprint density at radius 3 is 2.94 bits per heavy atom. The maximum atomic E-state index is 10.8. The smallest absolute Gasteiger partial charge is 0.308 e. The van der Waals surface area contributed by atoms with E-state index in [0.717, 1.165) is 0 Å². The topological polar surface area (TPSA) is 105 Å². The molecule has 2 aromatic rings. The number of hydrogen-bond acceptors (Lipinski definition) is 6. The highest BCUT2D eigenvalue weighted by Gasteiger charge is 2.19. The summed E-state index contributed by atoms with van der Waals surface area (Å²) >= 11 is 0. The molecular weight excluding hydrogens is 224 g/mol. The van der Waals surface area contributed by atoms with Crippen molar-refractivity contribution in [1.82, 2.24) is 25.3 Å². The average molecular weight is 236 g/mol. The van der Waals surface area contributed by atoms with Gasteiger partial charge in [-0.15, -0.1) is 14.8 Å². The van der Waals surface area contributed by atoms with Crippen molar-refractivity contribution in [1.29, 1.82) is 0 Å². The SMILES string of the molecule is CC(Nc1ccc2nnnn2n1)C(C)C(=O)O. The number of carboxylic acid groups (broad SMARTS) is 1. The van der Waals surface area contributed by atoms with Gasteiger partial charge in [0, 0.05) is 6.04 Å². The first-order chi connectivity index (χ1) is 8.08. The van der Waals surface area contributed by atoms with Crippen molar-refractivity contribution in [3.63, 3.8) is 0 Å². The summed E-state index contributed by atoms with van der Waals surface area (Å²) in [6, 6.07) is 3.17. The minimum Gasteiger partial charge on any atom is -0.481 e. The van der Waals surface area contributed by atoms with Crippen molar-refractivity contribution in [2.75, 3.05) is 5.32 Å². The Morgan fingerprint density at radius 2 is 2.24 bits per heavy atom. The Hall–Kier alpha value is -2.25. The molecule has 90 valence electrons. The number of fused-ring (bicyclic) bond motifs is 1. The molecular formula is C9H12N6O2. The van der Waals surface area contributed by atoms with E-state index in [2.05, 4.69) is 25.9 Å². The van der Waals surface area contributed by atoms with Crippen LogP contribution in [0, 0.1) is 5.92 Å². The number of carbonyl (C=O) groups is 1. The van der Waals surface area contributed by atoms with E-state index in [0.29, 0.717) is 11.5 Å². The van der Waals surface area contributed by atoms with E-state index in [9.17, 15) is 4.79 Å². The predicted molar refractivity (Wildman–Crippen MR) is 58.5 cm³/mol. The highest BCUT2D eigenvalue weighted by atomic mass is 16.4. The van der Waals surface area contributed by atoms with Crippen LogP contribution in [-0.4, -0.2) is 42.4 Å². The fourth-order valence-corrected chi connectivity index (χ4v) is 1.30. The van der Waals surface area contributed by atoms with Crippen LogP contribution in [0.4, 0.5) is 5.82 Å². The van der Waals surface area contributed by atoms with Crippen molar-refractivity contribution in [2.24, 2.45) is 5.92 Å². The summed E-state index contributed by atoms with van der Waals surface area (Å²) in [4.78, 5) is 10.8. The molecule has 2 heterocycles. The standard InChI is InChI=1S/C9H12N6O2/c1-5(9(16)17)6(2)10-7-3-4-8-11-13-14-15(8)12-7/h3-6H,1-2H3,(H,10,12)(H,16,17). The van der Waals surface area contributed by atoms with Gasteiger partial charge in [0.05, 0.1) is 5.92 Å². The Morgan fingerprint density at radius 1 is 1.47 bits per heavy atom. The highest BCUT2D eigenvalue weighted by Crippen LogP contribution is 2.10. The Labute approximate surface area is 96.6 Å². The van der Waals surface area contributed by atoms with E-state index in [1.54, 1.807) is 26.0 Å². The number of aliphatic carboxylic acids is 1. The van der Waals surface area contributed by atoms with Gasteiger partial charge in [-0.1, -0.05) is 0 Å². The minimum absolute atomic E-state index is 0.242. The first kappa shape index (κ1) is 11.2. The van der Waals surface area contributed by atoms with Gasteiger partial charge in [-0.3, -0.25) is 4.79 Å². The Bertz CT molecular complexity index is 539. The van der Waals surface area contributed by atoms with Gasteiger partial charge in [0.15, 0.2) is 5.65 Å². The van der Waals surface area contributed by atoms with Crippen LogP contribution in [0.1, 0.15) is 13.8 Å². The number of rotatable bonds is 4. The van der Waals surface area contributed by atoms with Crippen LogP contribution in [-0.2, 0) is 4.79 Å². The normalized spacial score (nSPS) is 14.5. The summed E-state index contributed by atoms with van der Waals surface area (Å²) in [6.45, 7) is 3.42. The third-order valence-electron chi connectivity index (χ3n) is 2.58. The fourth-order valence-electron chi connectivity index (χ4n) is 1.30. The molecule has 8 nitrogen and oxygen atoms in total. The van der Waals surface area contributed by atoms with Crippen LogP contribution < -0.4 is 5.32 Å². The second-order valence-electron chi connectivity index (χ2n) is 3.81. The third kappa shape index (κ3) is 2.30. The summed E-state index contributed by atoms with van der Waals surface area (Å²) < 4.78 is 1.28. The number of nitrogens with one attached hydrogen (secondary N) is 1. The van der Waals surface area contributed by atoms with Gasteiger partial charge in [-0.05, 0) is 36.4 Å². The summed E-state index contributed by atoms with van der Waals surface area (Å²) in [5, 5.41) is 26.8. The van der Waals surface area contributed by atoms with Crippen molar-refractivity contribution in [3.8, 4) is 0 Å². The second kappa shape index (κ2) is 4.32. The van der Waals surface area contributed by atoms with Gasteiger partial charge >= 0.3 is 5.97 Å². The van der Waals surface area contributed by atoms with E-state index in [1.807, 2.05) is 0 Å². The van der Waals surface area contributed by atoms with E-state index in [4.69, 9.17) is 5.11 Å². The van der Waals surface area contributed by atoms with Gasteiger partial charge in [0.1, 0.15) is 5.82 Å². The molecule has 0 fully saturated rings. The summed E-state index contributed by atoms with van der Waals surface area (Å²) in [5.41, 5.74) is 0.537. The van der Waals surface area contributed by atoms with Crippen LogP contribution in [0.5, 0.6) is 0 Å². The molecule has 0 bridgehead atoms. The van der Waals surface area contributed by atoms with Crippen molar-refractivity contribution < 1.29 is 9.90 Å². The zero-order chi connectivity index (χ0) is 12.4. The van der Waals surface area contributed by atoms with Gasteiger partial charge < -0.3 is 10.4 Å². The molecule has 0 amide bonds. The first-order valence-electron chi connectivity index (χ1n) is 5.12. The lowest BCUT2D eigenvalue weighted by Crippen LogP contribution is -2.30. The lowest BCUT2D eigenvalue weighted by Gasteiger charge is -2.17. The number of aromatic nitrogens is 5. The lowest BCUT2D eigenvalue weighted by molar-refractivity contribution is -0.141. The molecule has 2 aromatic heterocycles. The molecule has 0 saturated heterocycles. The van der Waals surface area contributed by atoms with Crippen LogP contribution >= 0.6 is 0 Å². The van der Waals surface area contributed by atoms with E-state index < -0.39 is 11.9 Å². The zero-order valence-corrected chi connectivity index (χ0v) is 9.40. The molecule has 2 N–H and O–H groups in total. The largest absolute Gasteiger partial charge is 0.481 e. The van der Waals surface area contributed by atoms with Gasteiger partial charge in [0.2, 0.25) is 0 Å². The van der Waals surface area contributed by atoms with Crippen LogP contribution in [0.15, 0.2) is 12.1 Å². The van der Waals surface area contributed by atoms with Crippen LogP contribution in [0.25, 0.3) is 5.65 Å². The van der Waals surface area contributed by atoms with Gasteiger partial charge in [0.25, 0.3) is 0 Å². The van der Waals surface area contributed by atoms with Gasteiger partial charge in [-0.25, -0.2) is 0 Å². The molecule has 0 aliphatic rings. The van der Waals surface area contributed by atoms with Crippen LogP contribution in [0.3, 0.4) is 0 Å². The molecule has 17 heavy (non-hydrogen) atoms. The third-order valence-corrected chi connectivity index (χ3v) is 2.58. The molecule has 0 radical (unpaired) electrons. The van der Waals surface area contributed by atoms with E-state index in [-0.39, 0.29) is 6.04 Å². The molecule has 0 aliphatic heterocycles. The maximum absolute atomic E-state index is 10.8. The Kier molecular flexibility index (Phi) is 2.86. The second-order valence-corrected chi connectivity index (χ2v) is 3.81. The fraction of sp³-hybridized carbons (Fsp3) is 0.444. The molecule has 0 aromatic carbocycles. The molecule has 2 atom stereocenters.